The van der Waals surface area contributed by atoms with E-state index in [2.05, 4.69) is 25.0 Å². The van der Waals surface area contributed by atoms with Crippen LogP contribution in [0.5, 0.6) is 0 Å². The van der Waals surface area contributed by atoms with E-state index in [0.29, 0.717) is 6.42 Å². The summed E-state index contributed by atoms with van der Waals surface area (Å²) in [4.78, 5) is 0. The van der Waals surface area contributed by atoms with Crippen molar-refractivity contribution in [2.45, 2.75) is 162 Å². The molecule has 7 heteroatoms. The molecule has 0 aliphatic heterocycles. The summed E-state index contributed by atoms with van der Waals surface area (Å²) in [6.07, 6.45) is 29.3. The molecule has 0 heterocycles. The predicted molar refractivity (Wildman–Crippen MR) is 142 cm³/mol. The Balaban J connectivity index is -0.000000154. The second-order valence-electron chi connectivity index (χ2n) is 8.97. The van der Waals surface area contributed by atoms with Gasteiger partial charge in [0.2, 0.25) is 0 Å². The molecule has 33 heavy (non-hydrogen) atoms. The van der Waals surface area contributed by atoms with Crippen LogP contribution in [-0.4, -0.2) is 19.6 Å². The standard InChI is InChI=1S/C14H30.C12H26O4S.H3N.Na.H/c1-3-5-7-9-11-13-14-12-10-8-6-4-2;1-2-3-4-5-6-7-8-9-10-11-12-16-17(13,14)15;;;/h3-14H2,1-2H3;2-12H2,1H3,(H,13,14,15);1H3;;/q;;;+1;-1. The average Bonchev–Trinajstić information content (AvgIpc) is 2.73. The van der Waals surface area contributed by atoms with Crippen molar-refractivity contribution in [1.82, 2.24) is 6.15 Å². The van der Waals surface area contributed by atoms with Gasteiger partial charge in [0.1, 0.15) is 0 Å². The average molecular weight is 506 g/mol. The Kier molecular flexibility index (Phi) is 43.5. The van der Waals surface area contributed by atoms with Crippen LogP contribution in [0.3, 0.4) is 0 Å². The SMILES string of the molecule is CCCCCCCCCCCCCC.CCCCCCCCCCCCOS(=O)(=O)O.N.[H-].[Na+]. The minimum Gasteiger partial charge on any atom is -1.00 e. The molecule has 0 saturated heterocycles. The fourth-order valence-electron chi connectivity index (χ4n) is 3.67. The van der Waals surface area contributed by atoms with Crippen LogP contribution in [0.15, 0.2) is 0 Å². The van der Waals surface area contributed by atoms with E-state index < -0.39 is 10.4 Å². The van der Waals surface area contributed by atoms with Crippen LogP contribution >= 0.6 is 0 Å². The molecule has 0 aromatic heterocycles. The quantitative estimate of drug-likeness (QED) is 0.0913. The van der Waals surface area contributed by atoms with E-state index >= 15 is 0 Å². The molecular formula is C26H60NNaO4S. The van der Waals surface area contributed by atoms with E-state index in [-0.39, 0.29) is 43.7 Å². The summed E-state index contributed by atoms with van der Waals surface area (Å²) in [5.74, 6) is 0. The molecule has 0 amide bonds. The van der Waals surface area contributed by atoms with Gasteiger partial charge in [0.05, 0.1) is 6.61 Å². The summed E-state index contributed by atoms with van der Waals surface area (Å²) in [6.45, 7) is 6.88. The van der Waals surface area contributed by atoms with Crippen LogP contribution in [0.2, 0.25) is 0 Å². The molecule has 0 atom stereocenters. The van der Waals surface area contributed by atoms with Crippen molar-refractivity contribution >= 4 is 10.4 Å². The first-order chi connectivity index (χ1) is 15.0. The first-order valence-corrected chi connectivity index (χ1v) is 15.0. The molecule has 5 nitrogen and oxygen atoms in total. The van der Waals surface area contributed by atoms with Gasteiger partial charge in [0.25, 0.3) is 0 Å². The van der Waals surface area contributed by atoms with Gasteiger partial charge in [-0.3, -0.25) is 4.55 Å². The molecule has 0 aromatic carbocycles. The maximum Gasteiger partial charge on any atom is 1.00 e. The summed E-state index contributed by atoms with van der Waals surface area (Å²) in [6, 6.07) is 0. The summed E-state index contributed by atoms with van der Waals surface area (Å²) in [7, 11) is -4.23. The Morgan fingerprint density at radius 3 is 0.939 bits per heavy atom. The molecule has 0 bridgehead atoms. The molecule has 200 valence electrons. The van der Waals surface area contributed by atoms with Gasteiger partial charge in [-0.25, -0.2) is 4.18 Å². The van der Waals surface area contributed by atoms with Crippen LogP contribution in [-0.2, 0) is 14.6 Å². The second kappa shape index (κ2) is 35.0. The number of rotatable bonds is 23. The van der Waals surface area contributed by atoms with Crippen molar-refractivity contribution in [2.24, 2.45) is 0 Å². The van der Waals surface area contributed by atoms with E-state index in [0.717, 1.165) is 12.8 Å². The maximum absolute atomic E-state index is 10.2. The third kappa shape index (κ3) is 46.8. The van der Waals surface area contributed by atoms with Crippen LogP contribution in [0.4, 0.5) is 0 Å². The van der Waals surface area contributed by atoms with E-state index in [1.807, 2.05) is 0 Å². The molecule has 4 N–H and O–H groups in total. The summed E-state index contributed by atoms with van der Waals surface area (Å²) < 4.78 is 33.0. The van der Waals surface area contributed by atoms with Crippen molar-refractivity contribution in [3.8, 4) is 0 Å². The molecule has 0 aliphatic carbocycles. The van der Waals surface area contributed by atoms with Crippen molar-refractivity contribution in [1.29, 1.82) is 0 Å². The van der Waals surface area contributed by atoms with E-state index in [1.54, 1.807) is 0 Å². The molecule has 0 aromatic rings. The van der Waals surface area contributed by atoms with Crippen molar-refractivity contribution in [3.63, 3.8) is 0 Å². The van der Waals surface area contributed by atoms with Gasteiger partial charge in [-0.05, 0) is 6.42 Å². The topological polar surface area (TPSA) is 98.6 Å². The monoisotopic (exact) mass is 505 g/mol. The van der Waals surface area contributed by atoms with E-state index in [4.69, 9.17) is 4.55 Å². The van der Waals surface area contributed by atoms with Crippen LogP contribution in [0.1, 0.15) is 163 Å². The summed E-state index contributed by atoms with van der Waals surface area (Å²) in [5, 5.41) is 0. The Labute approximate surface area is 232 Å². The fourth-order valence-corrected chi connectivity index (χ4v) is 4.00. The van der Waals surface area contributed by atoms with Gasteiger partial charge < -0.3 is 7.58 Å². The van der Waals surface area contributed by atoms with E-state index in [9.17, 15) is 8.42 Å². The van der Waals surface area contributed by atoms with Crippen LogP contribution in [0, 0.1) is 0 Å². The Bertz CT molecular complexity index is 417. The maximum atomic E-state index is 10.2. The predicted octanol–water partition coefficient (Wildman–Crippen LogP) is 6.71. The minimum absolute atomic E-state index is 0. The number of hydrogen-bond donors (Lipinski definition) is 2. The molecule has 0 unspecified atom stereocenters. The first-order valence-electron chi connectivity index (χ1n) is 13.6. The normalized spacial score (nSPS) is 10.7. The van der Waals surface area contributed by atoms with Crippen LogP contribution in [0.25, 0.3) is 0 Å². The number of hydrogen-bond acceptors (Lipinski definition) is 4. The summed E-state index contributed by atoms with van der Waals surface area (Å²) in [5.41, 5.74) is 0. The van der Waals surface area contributed by atoms with Gasteiger partial charge >= 0.3 is 40.0 Å². The van der Waals surface area contributed by atoms with Gasteiger partial charge in [-0.15, -0.1) is 0 Å². The molecule has 0 spiro atoms. The smallest absolute Gasteiger partial charge is 1.00 e. The van der Waals surface area contributed by atoms with E-state index in [1.165, 1.54) is 122 Å². The Hall–Kier alpha value is 0.830. The molecule has 0 fully saturated rings. The third-order valence-corrected chi connectivity index (χ3v) is 6.15. The third-order valence-electron chi connectivity index (χ3n) is 5.69. The second-order valence-corrected chi connectivity index (χ2v) is 10.1. The Morgan fingerprint density at radius 1 is 0.515 bits per heavy atom. The zero-order valence-electron chi connectivity index (χ0n) is 24.1. The van der Waals surface area contributed by atoms with Gasteiger partial charge in [-0.2, -0.15) is 8.42 Å². The summed E-state index contributed by atoms with van der Waals surface area (Å²) >= 11 is 0. The largest absolute Gasteiger partial charge is 1.00 e. The van der Waals surface area contributed by atoms with Crippen molar-refractivity contribution in [2.75, 3.05) is 6.61 Å². The van der Waals surface area contributed by atoms with Crippen LogP contribution < -0.4 is 35.7 Å². The van der Waals surface area contributed by atoms with Gasteiger partial charge in [0.15, 0.2) is 0 Å². The van der Waals surface area contributed by atoms with Crippen molar-refractivity contribution < 1.29 is 48.1 Å². The zero-order valence-corrected chi connectivity index (χ0v) is 25.9. The molecular weight excluding hydrogens is 445 g/mol. The number of unbranched alkanes of at least 4 members (excludes halogenated alkanes) is 20. The molecule has 0 saturated carbocycles. The molecule has 0 aliphatic rings. The molecule has 0 radical (unpaired) electrons. The van der Waals surface area contributed by atoms with Crippen molar-refractivity contribution in [3.05, 3.63) is 0 Å². The van der Waals surface area contributed by atoms with Gasteiger partial charge in [-0.1, -0.05) is 156 Å². The molecule has 0 rings (SSSR count). The minimum atomic E-state index is -4.23. The fraction of sp³-hybridized carbons (Fsp3) is 1.00. The zero-order chi connectivity index (χ0) is 23.5. The first kappa shape index (κ1) is 41.0. The van der Waals surface area contributed by atoms with Gasteiger partial charge in [0, 0.05) is 0 Å². The Morgan fingerprint density at radius 2 is 0.727 bits per heavy atom.